The van der Waals surface area contributed by atoms with Crippen molar-refractivity contribution in [2.75, 3.05) is 7.11 Å². The smallest absolute Gasteiger partial charge is 0.132 e. The summed E-state index contributed by atoms with van der Waals surface area (Å²) in [6, 6.07) is 34.4. The second kappa shape index (κ2) is 30.1. The van der Waals surface area contributed by atoms with Crippen molar-refractivity contribution >= 4 is 105 Å². The number of hydrogen-bond acceptors (Lipinski definition) is 7. The van der Waals surface area contributed by atoms with Crippen LogP contribution in [0.2, 0.25) is 0 Å². The fraction of sp³-hybridized carbons (Fsp3) is 0.312. The highest BCUT2D eigenvalue weighted by atomic mass is 16.5. The summed E-state index contributed by atoms with van der Waals surface area (Å²) in [7, 11) is 1.72. The molecular formula is C93H104N4O7. The van der Waals surface area contributed by atoms with E-state index in [-0.39, 0.29) is 22.6 Å². The lowest BCUT2D eigenvalue weighted by molar-refractivity contribution is 0.127. The Balaban J connectivity index is 0.000000130. The Labute approximate surface area is 613 Å². The number of methoxy groups -OCH3 is 1. The quantitative estimate of drug-likeness (QED) is 0.0503. The van der Waals surface area contributed by atoms with Crippen molar-refractivity contribution < 1.29 is 34.3 Å². The fourth-order valence-electron chi connectivity index (χ4n) is 14.7. The number of nitrogens with one attached hydrogen (secondary N) is 4. The number of aryl methyl sites for hydroxylation is 4. The van der Waals surface area contributed by atoms with E-state index < -0.39 is 0 Å². The zero-order chi connectivity index (χ0) is 74.1. The van der Waals surface area contributed by atoms with E-state index in [1.807, 2.05) is 38.1 Å². The number of phenolic OH excluding ortho intramolecular Hbond substituents is 3. The van der Waals surface area contributed by atoms with Crippen LogP contribution in [0.5, 0.6) is 40.2 Å². The molecule has 8 aromatic carbocycles. The Kier molecular flexibility index (Phi) is 21.2. The lowest BCUT2D eigenvalue weighted by Crippen LogP contribution is -2.32. The summed E-state index contributed by atoms with van der Waals surface area (Å²) in [5, 5.41) is 39.2. The van der Waals surface area contributed by atoms with Crippen molar-refractivity contribution in [3.8, 4) is 40.2 Å². The van der Waals surface area contributed by atoms with Gasteiger partial charge in [-0.2, -0.15) is 0 Å². The van der Waals surface area contributed by atoms with Gasteiger partial charge in [0.25, 0.3) is 0 Å². The largest absolute Gasteiger partial charge is 0.508 e. The van der Waals surface area contributed by atoms with Crippen LogP contribution in [0, 0.1) is 27.7 Å². The molecule has 0 saturated carbocycles. The zero-order valence-corrected chi connectivity index (χ0v) is 64.0. The van der Waals surface area contributed by atoms with Gasteiger partial charge in [0, 0.05) is 89.1 Å². The molecule has 0 fully saturated rings. The third-order valence-electron chi connectivity index (χ3n) is 20.6. The monoisotopic (exact) mass is 1390 g/mol. The standard InChI is InChI=1S/C24H29NO2.2C23H25NO2.C23H25NO/c1-15(2)7-6-8-16(3)9-10-19-23(27-5)12-11-18-20-13-17(4)22(26)14-21(20)25-24(18)19;1-14(2)6-5-10-23(4)11-9-17-21(26-23)8-7-16-18-12-15(3)20(25)13-19(18)24-22(16)17;1-14(2)6-5-10-23(4)11-9-18-21-19(12-15(3)22(18)26-23)17-8-7-16(25)13-20(17)24-21;1-15(2)8-7-12-23(4)13-11-18-21-19(14-16(3)22(18)25-23)17-9-5-6-10-20(17)24-21/h7,9,11-14,25-26H,6,8,10H2,1-5H3;2*6-9,11-13,24-25H,5,10H2,1-4H3;5-6,8-11,13-14,24H,7,12H2,1-4H3/b16-9+;;;. The maximum Gasteiger partial charge on any atom is 0.132 e. The highest BCUT2D eigenvalue weighted by Gasteiger charge is 2.32. The van der Waals surface area contributed by atoms with Crippen molar-refractivity contribution in [2.45, 2.75) is 185 Å². The molecular weight excluding hydrogens is 1290 g/mol. The highest BCUT2D eigenvalue weighted by molar-refractivity contribution is 6.14. The van der Waals surface area contributed by atoms with Gasteiger partial charge in [0.1, 0.15) is 57.0 Å². The lowest BCUT2D eigenvalue weighted by atomic mass is 9.92. The Morgan fingerprint density at radius 1 is 0.413 bits per heavy atom. The van der Waals surface area contributed by atoms with Crippen molar-refractivity contribution in [3.05, 3.63) is 224 Å². The van der Waals surface area contributed by atoms with Crippen LogP contribution in [0.25, 0.3) is 105 Å². The van der Waals surface area contributed by atoms with E-state index in [1.165, 1.54) is 66.2 Å². The number of aromatic amines is 4. The minimum Gasteiger partial charge on any atom is -0.508 e. The van der Waals surface area contributed by atoms with E-state index in [4.69, 9.17) is 18.9 Å². The molecule has 11 heteroatoms. The number of rotatable bonds is 15. The molecule has 3 unspecified atom stereocenters. The fourth-order valence-corrected chi connectivity index (χ4v) is 14.7. The van der Waals surface area contributed by atoms with Crippen LogP contribution in [-0.4, -0.2) is 59.2 Å². The molecule has 0 spiro atoms. The maximum absolute atomic E-state index is 10.1. The van der Waals surface area contributed by atoms with Gasteiger partial charge in [0.05, 0.1) is 45.7 Å². The van der Waals surface area contributed by atoms with Crippen molar-refractivity contribution in [3.63, 3.8) is 0 Å². The molecule has 4 aromatic heterocycles. The molecule has 0 aliphatic carbocycles. The number of phenols is 3. The summed E-state index contributed by atoms with van der Waals surface area (Å²) < 4.78 is 25.0. The van der Waals surface area contributed by atoms with Gasteiger partial charge in [-0.15, -0.1) is 0 Å². The first-order chi connectivity index (χ1) is 49.6. The minimum absolute atomic E-state index is 0.247. The molecule has 0 saturated heterocycles. The van der Waals surface area contributed by atoms with E-state index >= 15 is 0 Å². The summed E-state index contributed by atoms with van der Waals surface area (Å²) in [6.45, 7) is 33.8. The number of allylic oxidation sites excluding steroid dienone is 10. The third-order valence-corrected chi connectivity index (χ3v) is 20.6. The summed E-state index contributed by atoms with van der Waals surface area (Å²) in [5.74, 6) is 4.68. The number of aromatic nitrogens is 4. The van der Waals surface area contributed by atoms with Gasteiger partial charge >= 0.3 is 0 Å². The first-order valence-electron chi connectivity index (χ1n) is 36.8. The molecule has 3 atom stereocenters. The van der Waals surface area contributed by atoms with Crippen LogP contribution in [0.3, 0.4) is 0 Å². The van der Waals surface area contributed by atoms with E-state index in [1.54, 1.807) is 31.4 Å². The molecule has 7 N–H and O–H groups in total. The average molecular weight is 1390 g/mol. The Bertz CT molecular complexity index is 5560. The number of benzene rings is 8. The molecule has 0 bridgehead atoms. The average Bonchev–Trinajstić information content (AvgIpc) is 1.56. The van der Waals surface area contributed by atoms with E-state index in [9.17, 15) is 15.3 Å². The summed E-state index contributed by atoms with van der Waals surface area (Å²) in [5.41, 5.74) is 23.0. The van der Waals surface area contributed by atoms with Gasteiger partial charge in [0.2, 0.25) is 0 Å². The number of fused-ring (bicyclic) bond motifs is 18. The second-order valence-corrected chi connectivity index (χ2v) is 30.7. The molecule has 12 aromatic rings. The Morgan fingerprint density at radius 3 is 1.37 bits per heavy atom. The summed E-state index contributed by atoms with van der Waals surface area (Å²) in [4.78, 5) is 14.0. The van der Waals surface area contributed by atoms with Crippen LogP contribution in [0.15, 0.2) is 180 Å². The molecule has 0 amide bonds. The van der Waals surface area contributed by atoms with Gasteiger partial charge in [-0.1, -0.05) is 76.4 Å². The highest BCUT2D eigenvalue weighted by Crippen LogP contribution is 2.46. The van der Waals surface area contributed by atoms with E-state index in [0.717, 1.165) is 174 Å². The van der Waals surface area contributed by atoms with E-state index in [0.29, 0.717) is 11.5 Å². The van der Waals surface area contributed by atoms with E-state index in [2.05, 4.69) is 238 Å². The Hall–Kier alpha value is -10.5. The van der Waals surface area contributed by atoms with Crippen molar-refractivity contribution in [1.82, 2.24) is 19.9 Å². The zero-order valence-electron chi connectivity index (χ0n) is 64.0. The molecule has 11 nitrogen and oxygen atoms in total. The number of ether oxygens (including phenoxy) is 4. The number of hydrogen-bond donors (Lipinski definition) is 7. The van der Waals surface area contributed by atoms with Crippen LogP contribution in [0.4, 0.5) is 0 Å². The number of aromatic hydroxyl groups is 3. The van der Waals surface area contributed by atoms with Crippen molar-refractivity contribution in [1.29, 1.82) is 0 Å². The second-order valence-electron chi connectivity index (χ2n) is 30.7. The molecule has 7 heterocycles. The Morgan fingerprint density at radius 2 is 0.837 bits per heavy atom. The minimum atomic E-state index is -0.290. The first kappa shape index (κ1) is 73.2. The molecule has 3 aliphatic heterocycles. The predicted octanol–water partition coefficient (Wildman–Crippen LogP) is 25.6. The van der Waals surface area contributed by atoms with Gasteiger partial charge in [-0.25, -0.2) is 0 Å². The van der Waals surface area contributed by atoms with Crippen LogP contribution < -0.4 is 18.9 Å². The van der Waals surface area contributed by atoms with Crippen LogP contribution in [0.1, 0.15) is 179 Å². The number of para-hydroxylation sites is 1. The third kappa shape index (κ3) is 15.7. The normalized spacial score (nSPS) is 17.1. The summed E-state index contributed by atoms with van der Waals surface area (Å²) >= 11 is 0. The molecule has 3 aliphatic rings. The van der Waals surface area contributed by atoms with Crippen LogP contribution >= 0.6 is 0 Å². The molecule has 104 heavy (non-hydrogen) atoms. The van der Waals surface area contributed by atoms with Gasteiger partial charge < -0.3 is 54.2 Å². The molecule has 15 rings (SSSR count). The molecule has 538 valence electrons. The predicted molar refractivity (Wildman–Crippen MR) is 440 cm³/mol. The maximum atomic E-state index is 10.1. The van der Waals surface area contributed by atoms with Crippen molar-refractivity contribution in [2.24, 2.45) is 0 Å². The van der Waals surface area contributed by atoms with Gasteiger partial charge in [0.15, 0.2) is 0 Å². The number of H-pyrrole nitrogens is 4. The molecule has 0 radical (unpaired) electrons. The SMILES string of the molecule is CC(C)=CCCC1(C)C=Cc2c(c(C)cc3c2[nH]c2cc(O)ccc23)O1.CC(C)=CCCC1(C)C=Cc2c(c(C)cc3c2[nH]c2ccccc23)O1.CC(C)=CCCC1(C)C=Cc2c(ccc3c2[nH]c2cc(O)c(C)cc23)O1.COc1ccc2c([nH]c3cc(O)c(C)cc32)c1C/C=C(\C)CCC=C(C)C. The lowest BCUT2D eigenvalue weighted by Gasteiger charge is -2.32. The van der Waals surface area contributed by atoms with Crippen LogP contribution in [-0.2, 0) is 6.42 Å². The van der Waals surface area contributed by atoms with Gasteiger partial charge in [-0.3, -0.25) is 0 Å². The summed E-state index contributed by atoms with van der Waals surface area (Å²) in [6.07, 6.45) is 33.5. The van der Waals surface area contributed by atoms with Gasteiger partial charge in [-0.05, 0) is 294 Å². The first-order valence-corrected chi connectivity index (χ1v) is 36.8. The topological polar surface area (TPSA) is 161 Å².